The van der Waals surface area contributed by atoms with Crippen LogP contribution in [0.1, 0.15) is 10.4 Å². The van der Waals surface area contributed by atoms with Crippen molar-refractivity contribution >= 4 is 33.1 Å². The Morgan fingerprint density at radius 2 is 1.71 bits per heavy atom. The molecular weight excluding hydrogens is 210 g/mol. The fourth-order valence-electron chi connectivity index (χ4n) is 2.64. The van der Waals surface area contributed by atoms with Gasteiger partial charge in [0, 0.05) is 10.9 Å². The lowest BCUT2D eigenvalue weighted by Gasteiger charge is -2.05. The van der Waals surface area contributed by atoms with Crippen LogP contribution in [-0.2, 0) is 0 Å². The summed E-state index contributed by atoms with van der Waals surface area (Å²) in [6.07, 6.45) is 0. The largest absolute Gasteiger partial charge is 0.321 e. The van der Waals surface area contributed by atoms with Gasteiger partial charge in [0.2, 0.25) is 0 Å². The van der Waals surface area contributed by atoms with E-state index in [-0.39, 0.29) is 5.91 Å². The van der Waals surface area contributed by atoms with Gasteiger partial charge < -0.3 is 5.32 Å². The van der Waals surface area contributed by atoms with Gasteiger partial charge in [0.15, 0.2) is 0 Å². The predicted molar refractivity (Wildman–Crippen MR) is 69.4 cm³/mol. The van der Waals surface area contributed by atoms with Gasteiger partial charge in [0.05, 0.1) is 5.69 Å². The van der Waals surface area contributed by atoms with E-state index >= 15 is 0 Å². The first-order valence-electron chi connectivity index (χ1n) is 5.60. The zero-order chi connectivity index (χ0) is 11.4. The summed E-state index contributed by atoms with van der Waals surface area (Å²) in [7, 11) is 0. The van der Waals surface area contributed by atoms with Gasteiger partial charge in [-0.25, -0.2) is 0 Å². The highest BCUT2D eigenvalue weighted by Crippen LogP contribution is 2.37. The molecule has 0 spiro atoms. The predicted octanol–water partition coefficient (Wildman–Crippen LogP) is 3.56. The van der Waals surface area contributed by atoms with E-state index < -0.39 is 0 Å². The second-order valence-electron chi connectivity index (χ2n) is 4.33. The Bertz CT molecular complexity index is 789. The van der Waals surface area contributed by atoms with Crippen molar-refractivity contribution in [2.45, 2.75) is 0 Å². The Hall–Kier alpha value is -2.35. The van der Waals surface area contributed by atoms with E-state index in [2.05, 4.69) is 23.5 Å². The topological polar surface area (TPSA) is 29.1 Å². The van der Waals surface area contributed by atoms with Crippen LogP contribution in [-0.4, -0.2) is 5.91 Å². The Balaban J connectivity index is 2.35. The van der Waals surface area contributed by atoms with Crippen molar-refractivity contribution in [1.29, 1.82) is 0 Å². The van der Waals surface area contributed by atoms with Gasteiger partial charge in [0.1, 0.15) is 0 Å². The highest BCUT2D eigenvalue weighted by atomic mass is 16.1. The summed E-state index contributed by atoms with van der Waals surface area (Å²) in [5.41, 5.74) is 1.71. The van der Waals surface area contributed by atoms with E-state index in [0.717, 1.165) is 27.4 Å². The van der Waals surface area contributed by atoms with Crippen molar-refractivity contribution in [2.75, 3.05) is 5.32 Å². The average molecular weight is 219 g/mol. The van der Waals surface area contributed by atoms with Crippen molar-refractivity contribution in [3.63, 3.8) is 0 Å². The van der Waals surface area contributed by atoms with Crippen molar-refractivity contribution in [1.82, 2.24) is 0 Å². The lowest BCUT2D eigenvalue weighted by Crippen LogP contribution is -2.03. The summed E-state index contributed by atoms with van der Waals surface area (Å²) in [6.45, 7) is 0. The number of carbonyl (C=O) groups excluding carboxylic acids is 1. The van der Waals surface area contributed by atoms with Crippen LogP contribution in [0.4, 0.5) is 5.69 Å². The fourth-order valence-corrected chi connectivity index (χ4v) is 2.64. The van der Waals surface area contributed by atoms with E-state index in [0.29, 0.717) is 0 Å². The monoisotopic (exact) mass is 219 g/mol. The van der Waals surface area contributed by atoms with Gasteiger partial charge in [-0.15, -0.1) is 0 Å². The lowest BCUT2D eigenvalue weighted by molar-refractivity contribution is 0.103. The quantitative estimate of drug-likeness (QED) is 0.575. The molecule has 1 amide bonds. The van der Waals surface area contributed by atoms with Crippen LogP contribution in [0.2, 0.25) is 0 Å². The van der Waals surface area contributed by atoms with E-state index in [1.54, 1.807) is 0 Å². The fraction of sp³-hybridized carbons (Fsp3) is 0. The number of amides is 1. The molecule has 0 saturated heterocycles. The first kappa shape index (κ1) is 8.76. The number of carbonyl (C=O) groups is 1. The molecule has 0 fully saturated rings. The van der Waals surface area contributed by atoms with Gasteiger partial charge in [-0.3, -0.25) is 4.79 Å². The Morgan fingerprint density at radius 3 is 2.65 bits per heavy atom. The van der Waals surface area contributed by atoms with Gasteiger partial charge in [-0.1, -0.05) is 36.4 Å². The molecule has 3 aromatic carbocycles. The summed E-state index contributed by atoms with van der Waals surface area (Å²) in [6, 6.07) is 16.2. The molecule has 0 bridgehead atoms. The average Bonchev–Trinajstić information content (AvgIpc) is 2.68. The van der Waals surface area contributed by atoms with Crippen LogP contribution < -0.4 is 5.32 Å². The van der Waals surface area contributed by atoms with Crippen LogP contribution in [0.25, 0.3) is 21.5 Å². The van der Waals surface area contributed by atoms with Crippen LogP contribution in [0.3, 0.4) is 0 Å². The second kappa shape index (κ2) is 2.86. The van der Waals surface area contributed by atoms with Crippen LogP contribution >= 0.6 is 0 Å². The molecule has 0 aliphatic carbocycles. The molecule has 2 nitrogen and oxygen atoms in total. The van der Waals surface area contributed by atoms with E-state index in [1.165, 1.54) is 5.39 Å². The number of fused-ring (bicyclic) bond motifs is 2. The van der Waals surface area contributed by atoms with E-state index in [4.69, 9.17) is 0 Å². The molecule has 0 atom stereocenters. The third-order valence-electron chi connectivity index (χ3n) is 3.38. The van der Waals surface area contributed by atoms with Crippen molar-refractivity contribution in [3.8, 4) is 0 Å². The first-order valence-corrected chi connectivity index (χ1v) is 5.60. The molecule has 17 heavy (non-hydrogen) atoms. The van der Waals surface area contributed by atoms with Crippen molar-refractivity contribution in [2.24, 2.45) is 0 Å². The van der Waals surface area contributed by atoms with Gasteiger partial charge in [0.25, 0.3) is 5.91 Å². The van der Waals surface area contributed by atoms with Crippen LogP contribution in [0, 0.1) is 0 Å². The smallest absolute Gasteiger partial charge is 0.256 e. The molecule has 0 radical (unpaired) electrons. The lowest BCUT2D eigenvalue weighted by atomic mass is 9.99. The maximum atomic E-state index is 11.8. The third kappa shape index (κ3) is 1.02. The zero-order valence-corrected chi connectivity index (χ0v) is 9.03. The number of anilines is 1. The molecular formula is C15H9NO. The minimum absolute atomic E-state index is 0.000839. The molecule has 1 N–H and O–H groups in total. The second-order valence-corrected chi connectivity index (χ2v) is 4.33. The van der Waals surface area contributed by atoms with E-state index in [9.17, 15) is 4.79 Å². The van der Waals surface area contributed by atoms with Crippen molar-refractivity contribution in [3.05, 3.63) is 54.1 Å². The van der Waals surface area contributed by atoms with Crippen LogP contribution in [0.5, 0.6) is 0 Å². The molecule has 1 aliphatic rings. The summed E-state index contributed by atoms with van der Waals surface area (Å²) in [4.78, 5) is 11.8. The number of hydrogen-bond acceptors (Lipinski definition) is 1. The number of hydrogen-bond donors (Lipinski definition) is 1. The Morgan fingerprint density at radius 1 is 0.882 bits per heavy atom. The molecule has 1 heterocycles. The van der Waals surface area contributed by atoms with Gasteiger partial charge in [-0.2, -0.15) is 0 Å². The first-order chi connectivity index (χ1) is 8.34. The highest BCUT2D eigenvalue weighted by Gasteiger charge is 2.21. The summed E-state index contributed by atoms with van der Waals surface area (Å²) >= 11 is 0. The Labute approximate surface area is 97.9 Å². The standard InChI is InChI=1S/C15H9NO/c17-15-12-7-3-6-11-10-5-2-1-4-9(10)8-13(16-15)14(11)12/h1-8H,(H,16,17). The molecule has 80 valence electrons. The zero-order valence-electron chi connectivity index (χ0n) is 9.03. The molecule has 0 unspecified atom stereocenters. The van der Waals surface area contributed by atoms with Crippen molar-refractivity contribution < 1.29 is 4.79 Å². The molecule has 0 saturated carbocycles. The number of nitrogens with one attached hydrogen (secondary N) is 1. The third-order valence-corrected chi connectivity index (χ3v) is 3.38. The van der Waals surface area contributed by atoms with E-state index in [1.807, 2.05) is 30.3 Å². The molecule has 4 rings (SSSR count). The Kier molecular flexibility index (Phi) is 1.47. The van der Waals surface area contributed by atoms with Gasteiger partial charge >= 0.3 is 0 Å². The SMILES string of the molecule is O=C1Nc2cc3ccccc3c3cccc1c23. The molecule has 2 heteroatoms. The summed E-state index contributed by atoms with van der Waals surface area (Å²) in [5.74, 6) is 0.000839. The molecule has 0 aromatic heterocycles. The van der Waals surface area contributed by atoms with Crippen LogP contribution in [0.15, 0.2) is 48.5 Å². The number of benzene rings is 3. The highest BCUT2D eigenvalue weighted by molar-refractivity contribution is 6.28. The minimum Gasteiger partial charge on any atom is -0.321 e. The normalized spacial score (nSPS) is 13.3. The molecule has 3 aromatic rings. The molecule has 1 aliphatic heterocycles. The maximum absolute atomic E-state index is 11.8. The van der Waals surface area contributed by atoms with Gasteiger partial charge in [-0.05, 0) is 28.3 Å². The maximum Gasteiger partial charge on any atom is 0.256 e. The summed E-state index contributed by atoms with van der Waals surface area (Å²) < 4.78 is 0. The minimum atomic E-state index is 0.000839. The summed E-state index contributed by atoms with van der Waals surface area (Å²) in [5, 5.41) is 7.48. The number of rotatable bonds is 0.